The molecule has 0 saturated carbocycles. The Morgan fingerprint density at radius 1 is 1.37 bits per heavy atom. The van der Waals surface area contributed by atoms with E-state index < -0.39 is 12.0 Å². The molecule has 0 radical (unpaired) electrons. The van der Waals surface area contributed by atoms with Gasteiger partial charge in [0.2, 0.25) is 5.91 Å². The highest BCUT2D eigenvalue weighted by Gasteiger charge is 2.36. The first-order valence-corrected chi connectivity index (χ1v) is 11.9. The number of aryl methyl sites for hydroxylation is 1. The number of piperazine rings is 1. The number of aliphatic hydroxyl groups excluding tert-OH is 1. The molecular formula is C26H24ClFN4O3. The molecule has 3 aromatic rings. The summed E-state index contributed by atoms with van der Waals surface area (Å²) in [5, 5.41) is 14.4. The van der Waals surface area contributed by atoms with Crippen molar-refractivity contribution in [2.75, 3.05) is 31.1 Å². The topological polar surface area (TPSA) is 77.9 Å². The summed E-state index contributed by atoms with van der Waals surface area (Å²) < 4.78 is 22.2. The van der Waals surface area contributed by atoms with Gasteiger partial charge in [-0.15, -0.1) is 0 Å². The van der Waals surface area contributed by atoms with Gasteiger partial charge in [0.15, 0.2) is 11.6 Å². The first-order chi connectivity index (χ1) is 16.9. The summed E-state index contributed by atoms with van der Waals surface area (Å²) in [6.07, 6.45) is 1.97. The van der Waals surface area contributed by atoms with Crippen LogP contribution in [-0.4, -0.2) is 53.2 Å². The summed E-state index contributed by atoms with van der Waals surface area (Å²) in [6.45, 7) is 7.95. The Morgan fingerprint density at radius 3 is 3.00 bits per heavy atom. The van der Waals surface area contributed by atoms with Gasteiger partial charge in [-0.05, 0) is 35.8 Å². The van der Waals surface area contributed by atoms with Crippen molar-refractivity contribution in [2.45, 2.75) is 25.7 Å². The van der Waals surface area contributed by atoms with E-state index in [1.54, 1.807) is 17.2 Å². The Labute approximate surface area is 206 Å². The average Bonchev–Trinajstić information content (AvgIpc) is 3.24. The Kier molecular flexibility index (Phi) is 5.21. The van der Waals surface area contributed by atoms with Crippen molar-refractivity contribution in [3.63, 3.8) is 0 Å². The molecular weight excluding hydrogens is 471 g/mol. The summed E-state index contributed by atoms with van der Waals surface area (Å²) in [6, 6.07) is 5.51. The van der Waals surface area contributed by atoms with Gasteiger partial charge in [-0.1, -0.05) is 30.3 Å². The lowest BCUT2D eigenvalue weighted by atomic mass is 9.90. The number of nitrogens with zero attached hydrogens (tertiary/aromatic N) is 3. The number of hydrogen-bond donors (Lipinski definition) is 2. The molecule has 2 atom stereocenters. The van der Waals surface area contributed by atoms with Crippen LogP contribution < -0.4 is 15.0 Å². The number of carbonyl (C=O) groups is 1. The number of carbonyl (C=O) groups excluding carboxylic acids is 1. The Hall–Kier alpha value is -3.20. The standard InChI is InChI=1S/C26H24ClFN4O3/c1-3-19(33)31-6-7-32-15(11-31)12-35-18-10-29-24-16(25(18)32)8-17(27)22(23(24)28)20-13(2)4-5-14-9-30-26(34)21(14)20/h3-5,8,10,15,26,30,34H,1,6-7,9,11-12H2,2H3/t15-,26?/m1/s1. The van der Waals surface area contributed by atoms with Crippen LogP contribution in [0.25, 0.3) is 22.0 Å². The number of benzene rings is 2. The minimum absolute atomic E-state index is 0.0758. The molecule has 0 aliphatic carbocycles. The summed E-state index contributed by atoms with van der Waals surface area (Å²) in [5.41, 5.74) is 4.13. The van der Waals surface area contributed by atoms with E-state index >= 15 is 4.39 Å². The van der Waals surface area contributed by atoms with Gasteiger partial charge in [0.25, 0.3) is 0 Å². The van der Waals surface area contributed by atoms with Crippen LogP contribution >= 0.6 is 11.6 Å². The highest BCUT2D eigenvalue weighted by molar-refractivity contribution is 6.34. The van der Waals surface area contributed by atoms with E-state index in [2.05, 4.69) is 21.8 Å². The second-order valence-corrected chi connectivity index (χ2v) is 9.58. The smallest absolute Gasteiger partial charge is 0.246 e. The first-order valence-electron chi connectivity index (χ1n) is 11.5. The SMILES string of the molecule is C=CC(=O)N1CCN2c3c(cnc4c(F)c(-c5c(C)ccc6c5C(O)NC6)c(Cl)cc34)OC[C@H]2C1. The highest BCUT2D eigenvalue weighted by Crippen LogP contribution is 2.47. The molecule has 9 heteroatoms. The number of halogens is 2. The molecule has 35 heavy (non-hydrogen) atoms. The summed E-state index contributed by atoms with van der Waals surface area (Å²) in [7, 11) is 0. The van der Waals surface area contributed by atoms with Crippen LogP contribution in [0.15, 0.2) is 37.1 Å². The van der Waals surface area contributed by atoms with Crippen molar-refractivity contribution in [2.24, 2.45) is 0 Å². The van der Waals surface area contributed by atoms with Crippen molar-refractivity contribution in [3.8, 4) is 16.9 Å². The number of rotatable bonds is 2. The lowest BCUT2D eigenvalue weighted by Crippen LogP contribution is -2.58. The molecule has 1 fully saturated rings. The molecule has 180 valence electrons. The quantitative estimate of drug-likeness (QED) is 0.529. The number of fused-ring (bicyclic) bond motifs is 6. The maximum Gasteiger partial charge on any atom is 0.246 e. The number of aromatic nitrogens is 1. The molecule has 4 heterocycles. The molecule has 1 amide bonds. The largest absolute Gasteiger partial charge is 0.488 e. The van der Waals surface area contributed by atoms with Gasteiger partial charge in [-0.25, -0.2) is 9.37 Å². The highest BCUT2D eigenvalue weighted by atomic mass is 35.5. The molecule has 3 aliphatic rings. The number of nitrogens with one attached hydrogen (secondary N) is 1. The maximum atomic E-state index is 16.2. The van der Waals surface area contributed by atoms with Crippen LogP contribution in [0.1, 0.15) is 22.9 Å². The predicted molar refractivity (Wildman–Crippen MR) is 132 cm³/mol. The van der Waals surface area contributed by atoms with Crippen LogP contribution in [0.2, 0.25) is 5.02 Å². The number of pyridine rings is 1. The fourth-order valence-corrected chi connectivity index (χ4v) is 5.84. The second kappa shape index (κ2) is 8.19. The molecule has 2 N–H and O–H groups in total. The first kappa shape index (κ1) is 22.3. The Morgan fingerprint density at radius 2 is 2.20 bits per heavy atom. The van der Waals surface area contributed by atoms with E-state index in [9.17, 15) is 9.90 Å². The van der Waals surface area contributed by atoms with E-state index in [1.165, 1.54) is 6.08 Å². The van der Waals surface area contributed by atoms with Crippen LogP contribution in [0, 0.1) is 12.7 Å². The van der Waals surface area contributed by atoms with Gasteiger partial charge in [0, 0.05) is 42.7 Å². The number of ether oxygens (including phenoxy) is 1. The van der Waals surface area contributed by atoms with Gasteiger partial charge in [-0.3, -0.25) is 10.1 Å². The zero-order valence-corrected chi connectivity index (χ0v) is 19.9. The number of anilines is 1. The van der Waals surface area contributed by atoms with E-state index in [-0.39, 0.29) is 28.1 Å². The van der Waals surface area contributed by atoms with Gasteiger partial charge in [0.1, 0.15) is 18.4 Å². The normalized spacial score (nSPS) is 20.8. The Balaban J connectivity index is 1.51. The van der Waals surface area contributed by atoms with Crippen molar-refractivity contribution >= 4 is 34.1 Å². The van der Waals surface area contributed by atoms with Crippen molar-refractivity contribution in [3.05, 3.63) is 64.6 Å². The molecule has 2 aromatic carbocycles. The summed E-state index contributed by atoms with van der Waals surface area (Å²) in [4.78, 5) is 20.5. The minimum Gasteiger partial charge on any atom is -0.488 e. The molecule has 0 spiro atoms. The third kappa shape index (κ3) is 3.31. The van der Waals surface area contributed by atoms with Crippen LogP contribution in [0.4, 0.5) is 10.1 Å². The molecule has 6 rings (SSSR count). The number of hydrogen-bond acceptors (Lipinski definition) is 6. The van der Waals surface area contributed by atoms with Crippen molar-refractivity contribution in [1.29, 1.82) is 0 Å². The molecule has 0 bridgehead atoms. The van der Waals surface area contributed by atoms with E-state index in [0.717, 1.165) is 16.8 Å². The van der Waals surface area contributed by atoms with Gasteiger partial charge < -0.3 is 19.6 Å². The minimum atomic E-state index is -0.897. The fourth-order valence-electron chi connectivity index (χ4n) is 5.55. The van der Waals surface area contributed by atoms with Gasteiger partial charge >= 0.3 is 0 Å². The van der Waals surface area contributed by atoms with E-state index in [0.29, 0.717) is 55.0 Å². The fraction of sp³-hybridized carbons (Fsp3) is 0.308. The van der Waals surface area contributed by atoms with Crippen LogP contribution in [0.3, 0.4) is 0 Å². The van der Waals surface area contributed by atoms with Crippen molar-refractivity contribution in [1.82, 2.24) is 15.2 Å². The monoisotopic (exact) mass is 494 g/mol. The third-order valence-electron chi connectivity index (χ3n) is 7.23. The zero-order chi connectivity index (χ0) is 24.4. The van der Waals surface area contributed by atoms with Crippen LogP contribution in [-0.2, 0) is 11.3 Å². The molecule has 3 aliphatic heterocycles. The summed E-state index contributed by atoms with van der Waals surface area (Å²) in [5.74, 6) is -0.0819. The van der Waals surface area contributed by atoms with E-state index in [1.807, 2.05) is 19.1 Å². The van der Waals surface area contributed by atoms with Gasteiger partial charge in [0.05, 0.1) is 22.9 Å². The number of aliphatic hydroxyl groups is 1. The molecule has 1 saturated heterocycles. The molecule has 1 unspecified atom stereocenters. The maximum absolute atomic E-state index is 16.2. The lowest BCUT2D eigenvalue weighted by Gasteiger charge is -2.45. The van der Waals surface area contributed by atoms with Crippen molar-refractivity contribution < 1.29 is 19.0 Å². The number of amides is 1. The summed E-state index contributed by atoms with van der Waals surface area (Å²) >= 11 is 6.77. The van der Waals surface area contributed by atoms with Gasteiger partial charge in [-0.2, -0.15) is 0 Å². The Bertz CT molecular complexity index is 1410. The third-order valence-corrected chi connectivity index (χ3v) is 7.53. The average molecular weight is 495 g/mol. The molecule has 7 nitrogen and oxygen atoms in total. The molecule has 1 aromatic heterocycles. The van der Waals surface area contributed by atoms with E-state index in [4.69, 9.17) is 16.3 Å². The zero-order valence-electron chi connectivity index (χ0n) is 19.1. The predicted octanol–water partition coefficient (Wildman–Crippen LogP) is 3.69. The lowest BCUT2D eigenvalue weighted by molar-refractivity contribution is -0.127. The van der Waals surface area contributed by atoms with Crippen LogP contribution in [0.5, 0.6) is 5.75 Å². The second-order valence-electron chi connectivity index (χ2n) is 9.17.